The number of alkyl halides is 1. The first kappa shape index (κ1) is 29.6. The number of carbonyl (C=O) groups excluding carboxylic acids is 1. The van der Waals surface area contributed by atoms with Crippen molar-refractivity contribution in [1.82, 2.24) is 15.1 Å². The predicted molar refractivity (Wildman–Crippen MR) is 158 cm³/mol. The SMILES string of the molecule is C=C(F)/C=C\C(=C)n1cc(Sc2ccc(CCl)c(C)c2)c(-c2ccc(/C=N/OC(=NC)C(=O)NCC)cc2)n1. The summed E-state index contributed by atoms with van der Waals surface area (Å²) in [5.74, 6) is -0.687. The molecule has 0 bridgehead atoms. The summed E-state index contributed by atoms with van der Waals surface area (Å²) < 4.78 is 14.8. The first-order valence-corrected chi connectivity index (χ1v) is 13.3. The summed E-state index contributed by atoms with van der Waals surface area (Å²) in [5, 5.41) is 11.2. The molecule has 1 amide bonds. The molecule has 0 radical (unpaired) electrons. The van der Waals surface area contributed by atoms with Crippen molar-refractivity contribution >= 4 is 47.1 Å². The summed E-state index contributed by atoms with van der Waals surface area (Å²) in [4.78, 5) is 22.7. The minimum Gasteiger partial charge on any atom is -0.348 e. The average Bonchev–Trinajstić information content (AvgIpc) is 3.34. The molecule has 1 aromatic heterocycles. The van der Waals surface area contributed by atoms with Crippen LogP contribution >= 0.6 is 23.4 Å². The van der Waals surface area contributed by atoms with Crippen LogP contribution in [0.25, 0.3) is 17.0 Å². The Bertz CT molecular complexity index is 1440. The summed E-state index contributed by atoms with van der Waals surface area (Å²) >= 11 is 7.58. The van der Waals surface area contributed by atoms with Gasteiger partial charge in [0.15, 0.2) is 0 Å². The number of aromatic nitrogens is 2. The van der Waals surface area contributed by atoms with E-state index in [-0.39, 0.29) is 5.90 Å². The van der Waals surface area contributed by atoms with Gasteiger partial charge in [-0.3, -0.25) is 4.79 Å². The van der Waals surface area contributed by atoms with Crippen molar-refractivity contribution in [3.05, 3.63) is 96.5 Å². The van der Waals surface area contributed by atoms with Gasteiger partial charge in [-0.1, -0.05) is 60.4 Å². The van der Waals surface area contributed by atoms with Crippen molar-refractivity contribution in [2.75, 3.05) is 13.6 Å². The van der Waals surface area contributed by atoms with E-state index in [0.29, 0.717) is 18.1 Å². The highest BCUT2D eigenvalue weighted by molar-refractivity contribution is 7.99. The number of aliphatic imine (C=N–C) groups is 1. The fourth-order valence-corrected chi connectivity index (χ4v) is 4.67. The molecule has 0 atom stereocenters. The van der Waals surface area contributed by atoms with E-state index < -0.39 is 11.7 Å². The van der Waals surface area contributed by atoms with Crippen LogP contribution in [0.15, 0.2) is 99.7 Å². The molecule has 39 heavy (non-hydrogen) atoms. The number of halogens is 2. The molecule has 0 aliphatic heterocycles. The standard InChI is InChI=1S/C29H29ClFN5O2S/c1-6-33-28(37)29(32-5)38-34-17-22-9-11-23(12-10-22)27-26(18-36(35-27)21(4)8-7-20(3)31)39-25-14-13-24(16-30)19(2)15-25/h7-15,17-18H,3-4,6,16H2,1-2,5H3,(H,33,37)/b8-7-,32-29?,34-17+. The van der Waals surface area contributed by atoms with Crippen molar-refractivity contribution in [3.63, 3.8) is 0 Å². The number of hydrogen-bond acceptors (Lipinski definition) is 6. The molecule has 0 saturated carbocycles. The van der Waals surface area contributed by atoms with Crippen LogP contribution in [0.4, 0.5) is 4.39 Å². The maximum atomic E-state index is 13.2. The summed E-state index contributed by atoms with van der Waals surface area (Å²) in [6.45, 7) is 11.5. The lowest BCUT2D eigenvalue weighted by molar-refractivity contribution is -0.116. The highest BCUT2D eigenvalue weighted by Crippen LogP contribution is 2.37. The maximum Gasteiger partial charge on any atom is 0.309 e. The van der Waals surface area contributed by atoms with E-state index in [1.807, 2.05) is 49.5 Å². The van der Waals surface area contributed by atoms with Crippen molar-refractivity contribution in [1.29, 1.82) is 0 Å². The number of oxime groups is 1. The van der Waals surface area contributed by atoms with Gasteiger partial charge in [0.05, 0.1) is 16.8 Å². The van der Waals surface area contributed by atoms with Gasteiger partial charge in [-0.25, -0.2) is 14.1 Å². The van der Waals surface area contributed by atoms with Crippen molar-refractivity contribution < 1.29 is 14.0 Å². The Morgan fingerprint density at radius 3 is 2.59 bits per heavy atom. The van der Waals surface area contributed by atoms with Gasteiger partial charge in [-0.15, -0.1) is 11.6 Å². The third kappa shape index (κ3) is 8.27. The largest absolute Gasteiger partial charge is 0.348 e. The lowest BCUT2D eigenvalue weighted by Crippen LogP contribution is -2.31. The fourth-order valence-electron chi connectivity index (χ4n) is 3.34. The minimum absolute atomic E-state index is 0.128. The molecule has 0 fully saturated rings. The van der Waals surface area contributed by atoms with E-state index >= 15 is 0 Å². The van der Waals surface area contributed by atoms with Crippen LogP contribution in [-0.4, -0.2) is 41.4 Å². The van der Waals surface area contributed by atoms with E-state index in [2.05, 4.69) is 34.7 Å². The number of aryl methyl sites for hydroxylation is 1. The second kappa shape index (κ2) is 14.3. The van der Waals surface area contributed by atoms with Crippen LogP contribution in [0.5, 0.6) is 0 Å². The van der Waals surface area contributed by atoms with Crippen LogP contribution in [0.2, 0.25) is 0 Å². The fraction of sp³-hybridized carbons (Fsp3) is 0.172. The molecule has 0 aliphatic carbocycles. The number of carbonyl (C=O) groups is 1. The Kier molecular flexibility index (Phi) is 10.8. The molecule has 0 saturated heterocycles. The zero-order valence-corrected chi connectivity index (χ0v) is 23.5. The number of allylic oxidation sites excluding steroid dienone is 4. The number of nitrogens with zero attached hydrogens (tertiary/aromatic N) is 4. The lowest BCUT2D eigenvalue weighted by atomic mass is 10.1. The number of likely N-dealkylation sites (N-methyl/N-ethyl adjacent to an activating group) is 1. The zero-order chi connectivity index (χ0) is 28.4. The summed E-state index contributed by atoms with van der Waals surface area (Å²) in [5.41, 5.74) is 4.99. The lowest BCUT2D eigenvalue weighted by Gasteiger charge is -2.07. The van der Waals surface area contributed by atoms with Crippen molar-refractivity contribution in [2.45, 2.75) is 29.5 Å². The Morgan fingerprint density at radius 2 is 1.97 bits per heavy atom. The monoisotopic (exact) mass is 565 g/mol. The average molecular weight is 566 g/mol. The summed E-state index contributed by atoms with van der Waals surface area (Å²) in [6.07, 6.45) is 6.09. The summed E-state index contributed by atoms with van der Waals surface area (Å²) in [6, 6.07) is 13.6. The highest BCUT2D eigenvalue weighted by atomic mass is 35.5. The molecule has 1 N–H and O–H groups in total. The van der Waals surface area contributed by atoms with Gasteiger partial charge < -0.3 is 10.2 Å². The third-order valence-corrected chi connectivity index (χ3v) is 6.67. The molecule has 0 unspecified atom stereocenters. The van der Waals surface area contributed by atoms with Crippen molar-refractivity contribution in [2.24, 2.45) is 10.1 Å². The molecule has 2 aromatic carbocycles. The van der Waals surface area contributed by atoms with Gasteiger partial charge in [-0.2, -0.15) is 5.10 Å². The van der Waals surface area contributed by atoms with Crippen LogP contribution in [-0.2, 0) is 15.5 Å². The molecule has 0 aliphatic rings. The quantitative estimate of drug-likeness (QED) is 0.0966. The van der Waals surface area contributed by atoms with E-state index in [1.54, 1.807) is 23.4 Å². The van der Waals surface area contributed by atoms with Gasteiger partial charge in [0.25, 0.3) is 0 Å². The topological polar surface area (TPSA) is 80.9 Å². The molecule has 3 rings (SSSR count). The van der Waals surface area contributed by atoms with Gasteiger partial charge >= 0.3 is 11.8 Å². The molecule has 10 heteroatoms. The number of rotatable bonds is 10. The maximum absolute atomic E-state index is 13.2. The van der Waals surface area contributed by atoms with Gasteiger partial charge in [0.2, 0.25) is 0 Å². The first-order valence-electron chi connectivity index (χ1n) is 12.0. The Hall–Kier alpha value is -3.95. The molecular formula is C29H29ClFN5O2S. The second-order valence-corrected chi connectivity index (χ2v) is 9.60. The third-order valence-electron chi connectivity index (χ3n) is 5.38. The Labute approximate surface area is 236 Å². The molecular weight excluding hydrogens is 537 g/mol. The molecule has 3 aromatic rings. The van der Waals surface area contributed by atoms with Crippen LogP contribution in [0, 0.1) is 6.92 Å². The Morgan fingerprint density at radius 1 is 1.23 bits per heavy atom. The molecule has 0 spiro atoms. The number of nitrogens with one attached hydrogen (secondary N) is 1. The summed E-state index contributed by atoms with van der Waals surface area (Å²) in [7, 11) is 1.45. The molecule has 1 heterocycles. The minimum atomic E-state index is -0.572. The first-order chi connectivity index (χ1) is 18.7. The number of amides is 1. The zero-order valence-electron chi connectivity index (χ0n) is 21.9. The normalized spacial score (nSPS) is 11.8. The smallest absolute Gasteiger partial charge is 0.309 e. The second-order valence-electron chi connectivity index (χ2n) is 8.22. The van der Waals surface area contributed by atoms with E-state index in [0.717, 1.165) is 37.7 Å². The van der Waals surface area contributed by atoms with Gasteiger partial charge in [0.1, 0.15) is 11.5 Å². The number of benzene rings is 2. The van der Waals surface area contributed by atoms with Crippen LogP contribution < -0.4 is 5.32 Å². The van der Waals surface area contributed by atoms with E-state index in [9.17, 15) is 9.18 Å². The molecule has 7 nitrogen and oxygen atoms in total. The Balaban J connectivity index is 1.88. The van der Waals surface area contributed by atoms with E-state index in [4.69, 9.17) is 21.5 Å². The highest BCUT2D eigenvalue weighted by Gasteiger charge is 2.15. The van der Waals surface area contributed by atoms with Gasteiger partial charge in [-0.05, 0) is 54.8 Å². The van der Waals surface area contributed by atoms with Gasteiger partial charge in [0, 0.05) is 36.1 Å². The predicted octanol–water partition coefficient (Wildman–Crippen LogP) is 6.77. The van der Waals surface area contributed by atoms with Crippen molar-refractivity contribution in [3.8, 4) is 11.3 Å². The molecule has 202 valence electrons. The van der Waals surface area contributed by atoms with E-state index in [1.165, 1.54) is 25.4 Å². The van der Waals surface area contributed by atoms with Crippen LogP contribution in [0.1, 0.15) is 23.6 Å². The number of hydrogen-bond donors (Lipinski definition) is 1. The van der Waals surface area contributed by atoms with Crippen LogP contribution in [0.3, 0.4) is 0 Å².